The highest BCUT2D eigenvalue weighted by molar-refractivity contribution is 5.85. The van der Waals surface area contributed by atoms with E-state index >= 15 is 0 Å². The summed E-state index contributed by atoms with van der Waals surface area (Å²) in [7, 11) is 0. The van der Waals surface area contributed by atoms with Gasteiger partial charge in [0.15, 0.2) is 0 Å². The molecule has 2 aliphatic rings. The largest absolute Gasteiger partial charge is 0.376 e. The minimum absolute atomic E-state index is 0. The van der Waals surface area contributed by atoms with Gasteiger partial charge in [0.05, 0.1) is 12.6 Å². The van der Waals surface area contributed by atoms with E-state index in [-0.39, 0.29) is 24.4 Å². The summed E-state index contributed by atoms with van der Waals surface area (Å²) in [5.74, 6) is 0.135. The molecule has 20 heavy (non-hydrogen) atoms. The Morgan fingerprint density at radius 2 is 2.30 bits per heavy atom. The van der Waals surface area contributed by atoms with E-state index in [9.17, 15) is 4.79 Å². The lowest BCUT2D eigenvalue weighted by atomic mass is 10.2. The lowest BCUT2D eigenvalue weighted by molar-refractivity contribution is -0.123. The lowest BCUT2D eigenvalue weighted by Gasteiger charge is -2.27. The highest BCUT2D eigenvalue weighted by Crippen LogP contribution is 2.11. The molecule has 5 nitrogen and oxygen atoms in total. The fourth-order valence-corrected chi connectivity index (χ4v) is 2.90. The van der Waals surface area contributed by atoms with Crippen molar-refractivity contribution in [3.8, 4) is 0 Å². The summed E-state index contributed by atoms with van der Waals surface area (Å²) in [6.45, 7) is 7.28. The van der Waals surface area contributed by atoms with Gasteiger partial charge in [-0.1, -0.05) is 6.92 Å². The number of carbonyl (C=O) groups is 1. The zero-order valence-electron chi connectivity index (χ0n) is 12.4. The van der Waals surface area contributed by atoms with Crippen molar-refractivity contribution in [3.63, 3.8) is 0 Å². The van der Waals surface area contributed by atoms with Crippen LogP contribution in [0.25, 0.3) is 0 Å². The normalized spacial score (nSPS) is 25.7. The number of rotatable bonds is 7. The van der Waals surface area contributed by atoms with E-state index in [4.69, 9.17) is 4.74 Å². The first-order valence-electron chi connectivity index (χ1n) is 7.62. The molecule has 0 aliphatic carbocycles. The van der Waals surface area contributed by atoms with E-state index < -0.39 is 0 Å². The summed E-state index contributed by atoms with van der Waals surface area (Å²) >= 11 is 0. The highest BCUT2D eigenvalue weighted by Gasteiger charge is 2.24. The first-order valence-corrected chi connectivity index (χ1v) is 7.62. The molecule has 2 saturated heterocycles. The van der Waals surface area contributed by atoms with Crippen LogP contribution in [0.1, 0.15) is 32.6 Å². The molecule has 2 atom stereocenters. The van der Waals surface area contributed by atoms with Crippen LogP contribution < -0.4 is 10.6 Å². The third-order valence-corrected chi connectivity index (χ3v) is 3.96. The van der Waals surface area contributed by atoms with Gasteiger partial charge in [-0.3, -0.25) is 9.69 Å². The Hall–Kier alpha value is -0.360. The summed E-state index contributed by atoms with van der Waals surface area (Å²) in [5, 5.41) is 6.38. The van der Waals surface area contributed by atoms with E-state index in [0.29, 0.717) is 19.1 Å². The quantitative estimate of drug-likeness (QED) is 0.730. The van der Waals surface area contributed by atoms with Gasteiger partial charge in [-0.25, -0.2) is 0 Å². The van der Waals surface area contributed by atoms with Crippen LogP contribution in [0.2, 0.25) is 0 Å². The summed E-state index contributed by atoms with van der Waals surface area (Å²) in [6.07, 6.45) is 4.67. The van der Waals surface area contributed by atoms with Crippen LogP contribution in [0.4, 0.5) is 0 Å². The fourth-order valence-electron chi connectivity index (χ4n) is 2.90. The Morgan fingerprint density at radius 1 is 1.45 bits per heavy atom. The van der Waals surface area contributed by atoms with Crippen LogP contribution in [0.5, 0.6) is 0 Å². The molecule has 2 unspecified atom stereocenters. The van der Waals surface area contributed by atoms with E-state index in [1.165, 1.54) is 0 Å². The van der Waals surface area contributed by atoms with Crippen LogP contribution >= 0.6 is 12.4 Å². The maximum Gasteiger partial charge on any atom is 0.234 e. The van der Waals surface area contributed by atoms with E-state index in [2.05, 4.69) is 22.5 Å². The van der Waals surface area contributed by atoms with Gasteiger partial charge in [-0.05, 0) is 38.8 Å². The summed E-state index contributed by atoms with van der Waals surface area (Å²) < 4.78 is 5.52. The Kier molecular flexibility index (Phi) is 8.45. The standard InChI is InChI=1S/C14H27N3O2.ClH/c1-2-7-17(12-5-6-15-9-12)11-14(18)16-10-13-4-3-8-19-13;/h12-13,15H,2-11H2,1H3,(H,16,18);1H. The number of carbonyl (C=O) groups excluding carboxylic acids is 1. The number of halogens is 1. The van der Waals surface area contributed by atoms with Crippen molar-refractivity contribution in [1.82, 2.24) is 15.5 Å². The molecule has 1 amide bonds. The smallest absolute Gasteiger partial charge is 0.234 e. The number of ether oxygens (including phenoxy) is 1. The molecule has 0 spiro atoms. The highest BCUT2D eigenvalue weighted by atomic mass is 35.5. The molecule has 0 aromatic heterocycles. The molecule has 2 rings (SSSR count). The summed E-state index contributed by atoms with van der Waals surface area (Å²) in [5.41, 5.74) is 0. The third-order valence-electron chi connectivity index (χ3n) is 3.96. The molecule has 0 saturated carbocycles. The topological polar surface area (TPSA) is 53.6 Å². The van der Waals surface area contributed by atoms with E-state index in [0.717, 1.165) is 51.9 Å². The molecule has 2 N–H and O–H groups in total. The molecule has 0 aromatic carbocycles. The van der Waals surface area contributed by atoms with Crippen molar-refractivity contribution in [3.05, 3.63) is 0 Å². The minimum atomic E-state index is 0. The number of hydrogen-bond acceptors (Lipinski definition) is 4. The SMILES string of the molecule is CCCN(CC(=O)NCC1CCCO1)C1CCNC1.Cl. The minimum Gasteiger partial charge on any atom is -0.376 e. The van der Waals surface area contributed by atoms with Gasteiger partial charge in [-0.2, -0.15) is 0 Å². The second kappa shape index (κ2) is 9.55. The molecule has 2 aliphatic heterocycles. The van der Waals surface area contributed by atoms with Crippen molar-refractivity contribution >= 4 is 18.3 Å². The summed E-state index contributed by atoms with van der Waals surface area (Å²) in [6, 6.07) is 0.522. The molecular formula is C14H28ClN3O2. The number of nitrogens with one attached hydrogen (secondary N) is 2. The number of hydrogen-bond donors (Lipinski definition) is 2. The zero-order chi connectivity index (χ0) is 13.5. The predicted molar refractivity (Wildman–Crippen MR) is 82.4 cm³/mol. The Balaban J connectivity index is 0.00000200. The fraction of sp³-hybridized carbons (Fsp3) is 0.929. The van der Waals surface area contributed by atoms with Gasteiger partial charge in [0.1, 0.15) is 0 Å². The average Bonchev–Trinajstić information content (AvgIpc) is 3.09. The second-order valence-electron chi connectivity index (χ2n) is 5.56. The third kappa shape index (κ3) is 5.56. The molecule has 0 aromatic rings. The van der Waals surface area contributed by atoms with E-state index in [1.54, 1.807) is 0 Å². The van der Waals surface area contributed by atoms with Crippen LogP contribution in [-0.2, 0) is 9.53 Å². The molecule has 2 heterocycles. The zero-order valence-corrected chi connectivity index (χ0v) is 13.2. The van der Waals surface area contributed by atoms with Crippen molar-refractivity contribution < 1.29 is 9.53 Å². The molecular weight excluding hydrogens is 278 g/mol. The Labute approximate surface area is 128 Å². The molecule has 6 heteroatoms. The van der Waals surface area contributed by atoms with Gasteiger partial charge in [0, 0.05) is 25.7 Å². The first-order chi connectivity index (χ1) is 9.29. The average molecular weight is 306 g/mol. The van der Waals surface area contributed by atoms with Gasteiger partial charge in [0.2, 0.25) is 5.91 Å². The monoisotopic (exact) mass is 305 g/mol. The van der Waals surface area contributed by atoms with Crippen LogP contribution in [-0.4, -0.2) is 62.3 Å². The lowest BCUT2D eigenvalue weighted by Crippen LogP contribution is -2.45. The van der Waals surface area contributed by atoms with E-state index in [1.807, 2.05) is 0 Å². The van der Waals surface area contributed by atoms with Crippen molar-refractivity contribution in [2.75, 3.05) is 39.3 Å². The van der Waals surface area contributed by atoms with Crippen molar-refractivity contribution in [2.24, 2.45) is 0 Å². The molecule has 118 valence electrons. The van der Waals surface area contributed by atoms with Gasteiger partial charge in [0.25, 0.3) is 0 Å². The van der Waals surface area contributed by atoms with Gasteiger partial charge < -0.3 is 15.4 Å². The number of amides is 1. The molecule has 0 bridgehead atoms. The molecule has 0 radical (unpaired) electrons. The van der Waals surface area contributed by atoms with Crippen LogP contribution in [0.3, 0.4) is 0 Å². The van der Waals surface area contributed by atoms with Crippen LogP contribution in [0.15, 0.2) is 0 Å². The van der Waals surface area contributed by atoms with Gasteiger partial charge >= 0.3 is 0 Å². The van der Waals surface area contributed by atoms with Gasteiger partial charge in [-0.15, -0.1) is 12.4 Å². The maximum absolute atomic E-state index is 12.0. The Bertz CT molecular complexity index is 280. The van der Waals surface area contributed by atoms with Crippen molar-refractivity contribution in [1.29, 1.82) is 0 Å². The maximum atomic E-state index is 12.0. The number of nitrogens with zero attached hydrogens (tertiary/aromatic N) is 1. The van der Waals surface area contributed by atoms with Crippen LogP contribution in [0, 0.1) is 0 Å². The second-order valence-corrected chi connectivity index (χ2v) is 5.56. The molecule has 2 fully saturated rings. The van der Waals surface area contributed by atoms with Crippen molar-refractivity contribution in [2.45, 2.75) is 44.8 Å². The predicted octanol–water partition coefficient (Wildman–Crippen LogP) is 0.777. The first kappa shape index (κ1) is 17.7. The summed E-state index contributed by atoms with van der Waals surface area (Å²) in [4.78, 5) is 14.3. The Morgan fingerprint density at radius 3 is 2.90 bits per heavy atom.